The standard InChI is InChI=1S/C45H26N4OS/c1-2-12-27(13-3-1)43-46-44(48-45(47-43)49-35-19-7-4-14-29(35)30-15-5-8-20-36(30)49)28-24-25-37-34(26-28)41-31(17-10-21-38(41)50-37)32-18-11-23-40-42(32)33-16-6-9-22-39(33)51-40/h1-26H. The number of fused-ring (bicyclic) bond motifs is 9. The van der Waals surface area contributed by atoms with Gasteiger partial charge in [-0.25, -0.2) is 4.98 Å². The number of para-hydroxylation sites is 2. The number of rotatable bonds is 4. The molecule has 0 amide bonds. The van der Waals surface area contributed by atoms with Gasteiger partial charge in [0.1, 0.15) is 11.2 Å². The molecule has 11 rings (SSSR count). The Morgan fingerprint density at radius 1 is 0.431 bits per heavy atom. The average Bonchev–Trinajstić information content (AvgIpc) is 3.87. The maximum Gasteiger partial charge on any atom is 0.238 e. The summed E-state index contributed by atoms with van der Waals surface area (Å²) in [6.45, 7) is 0. The first kappa shape index (κ1) is 28.2. The van der Waals surface area contributed by atoms with Gasteiger partial charge in [-0.05, 0) is 59.7 Å². The molecule has 4 aromatic heterocycles. The van der Waals surface area contributed by atoms with E-state index in [9.17, 15) is 0 Å². The number of aromatic nitrogens is 4. The maximum absolute atomic E-state index is 6.50. The van der Waals surface area contributed by atoms with Crippen LogP contribution in [0.3, 0.4) is 0 Å². The van der Waals surface area contributed by atoms with Crippen LogP contribution in [0.5, 0.6) is 0 Å². The van der Waals surface area contributed by atoms with E-state index < -0.39 is 0 Å². The van der Waals surface area contributed by atoms with E-state index in [0.717, 1.165) is 60.4 Å². The van der Waals surface area contributed by atoms with E-state index in [2.05, 4.69) is 126 Å². The number of thiophene rings is 1. The lowest BCUT2D eigenvalue weighted by Crippen LogP contribution is -2.06. The van der Waals surface area contributed by atoms with Gasteiger partial charge in [-0.3, -0.25) is 4.57 Å². The van der Waals surface area contributed by atoms with Gasteiger partial charge in [-0.2, -0.15) is 9.97 Å². The quantitative estimate of drug-likeness (QED) is 0.187. The first-order valence-electron chi connectivity index (χ1n) is 16.9. The lowest BCUT2D eigenvalue weighted by atomic mass is 9.95. The Labute approximate surface area is 295 Å². The lowest BCUT2D eigenvalue weighted by molar-refractivity contribution is 0.669. The monoisotopic (exact) mass is 670 g/mol. The molecule has 11 aromatic rings. The van der Waals surface area contributed by atoms with Crippen molar-refractivity contribution in [2.24, 2.45) is 0 Å². The Morgan fingerprint density at radius 2 is 1.06 bits per heavy atom. The molecule has 0 atom stereocenters. The fourth-order valence-electron chi connectivity index (χ4n) is 7.64. The number of nitrogens with zero attached hydrogens (tertiary/aromatic N) is 4. The van der Waals surface area contributed by atoms with Crippen molar-refractivity contribution in [3.05, 3.63) is 158 Å². The highest BCUT2D eigenvalue weighted by atomic mass is 32.1. The zero-order valence-corrected chi connectivity index (χ0v) is 27.9. The van der Waals surface area contributed by atoms with Crippen LogP contribution >= 0.6 is 11.3 Å². The third-order valence-corrected chi connectivity index (χ3v) is 11.0. The van der Waals surface area contributed by atoms with E-state index in [0.29, 0.717) is 17.6 Å². The summed E-state index contributed by atoms with van der Waals surface area (Å²) in [5.41, 5.74) is 7.92. The highest BCUT2D eigenvalue weighted by Crippen LogP contribution is 2.44. The molecule has 5 nitrogen and oxygen atoms in total. The van der Waals surface area contributed by atoms with Crippen LogP contribution in [0.25, 0.3) is 104 Å². The fraction of sp³-hybridized carbons (Fsp3) is 0. The van der Waals surface area contributed by atoms with Crippen molar-refractivity contribution in [3.63, 3.8) is 0 Å². The van der Waals surface area contributed by atoms with Crippen molar-refractivity contribution in [3.8, 4) is 39.9 Å². The molecule has 51 heavy (non-hydrogen) atoms. The largest absolute Gasteiger partial charge is 0.456 e. The minimum absolute atomic E-state index is 0.574. The number of benzene rings is 7. The SMILES string of the molecule is c1ccc(-c2nc(-c3ccc4oc5cccc(-c6cccc7sc8ccccc8c67)c5c4c3)nc(-n3c4ccccc4c4ccccc43)n2)cc1. The van der Waals surface area contributed by atoms with Crippen LogP contribution in [0.15, 0.2) is 162 Å². The molecule has 0 fully saturated rings. The van der Waals surface area contributed by atoms with Crippen molar-refractivity contribution < 1.29 is 4.42 Å². The highest BCUT2D eigenvalue weighted by molar-refractivity contribution is 7.25. The molecule has 238 valence electrons. The van der Waals surface area contributed by atoms with E-state index >= 15 is 0 Å². The van der Waals surface area contributed by atoms with Crippen LogP contribution in [0.2, 0.25) is 0 Å². The van der Waals surface area contributed by atoms with Crippen molar-refractivity contribution in [2.45, 2.75) is 0 Å². The van der Waals surface area contributed by atoms with Gasteiger partial charge in [0.05, 0.1) is 11.0 Å². The fourth-order valence-corrected chi connectivity index (χ4v) is 8.77. The van der Waals surface area contributed by atoms with Gasteiger partial charge in [0.2, 0.25) is 5.95 Å². The van der Waals surface area contributed by atoms with Crippen LogP contribution in [0.4, 0.5) is 0 Å². The first-order chi connectivity index (χ1) is 25.3. The number of furan rings is 1. The molecule has 4 heterocycles. The maximum atomic E-state index is 6.50. The molecule has 7 aromatic carbocycles. The minimum atomic E-state index is 0.574. The normalized spacial score (nSPS) is 11.9. The van der Waals surface area contributed by atoms with E-state index in [1.54, 1.807) is 0 Å². The molecule has 0 aliphatic heterocycles. The van der Waals surface area contributed by atoms with Crippen LogP contribution in [0, 0.1) is 0 Å². The summed E-state index contributed by atoms with van der Waals surface area (Å²) in [6.07, 6.45) is 0. The number of hydrogen-bond donors (Lipinski definition) is 0. The van der Waals surface area contributed by atoms with Gasteiger partial charge in [-0.1, -0.05) is 109 Å². The molecular weight excluding hydrogens is 645 g/mol. The van der Waals surface area contributed by atoms with E-state index in [1.165, 1.54) is 25.7 Å². The van der Waals surface area contributed by atoms with Gasteiger partial charge in [0.25, 0.3) is 0 Å². The van der Waals surface area contributed by atoms with Gasteiger partial charge < -0.3 is 4.42 Å². The second-order valence-electron chi connectivity index (χ2n) is 12.8. The summed E-state index contributed by atoms with van der Waals surface area (Å²) in [4.78, 5) is 15.4. The summed E-state index contributed by atoms with van der Waals surface area (Å²) in [5, 5.41) is 6.96. The Morgan fingerprint density at radius 3 is 1.84 bits per heavy atom. The van der Waals surface area contributed by atoms with Gasteiger partial charge in [0.15, 0.2) is 11.6 Å². The van der Waals surface area contributed by atoms with Crippen LogP contribution in [0.1, 0.15) is 0 Å². The van der Waals surface area contributed by atoms with Crippen LogP contribution in [-0.4, -0.2) is 19.5 Å². The topological polar surface area (TPSA) is 56.7 Å². The molecule has 0 saturated heterocycles. The molecule has 0 N–H and O–H groups in total. The Hall–Kier alpha value is -6.63. The predicted molar refractivity (Wildman–Crippen MR) is 211 cm³/mol. The average molecular weight is 671 g/mol. The summed E-state index contributed by atoms with van der Waals surface area (Å²) in [6, 6.07) is 54.9. The van der Waals surface area contributed by atoms with Crippen LogP contribution in [-0.2, 0) is 0 Å². The molecule has 0 radical (unpaired) electrons. The lowest BCUT2D eigenvalue weighted by Gasteiger charge is -2.11. The van der Waals surface area contributed by atoms with E-state index in [4.69, 9.17) is 19.4 Å². The second kappa shape index (κ2) is 10.9. The Kier molecular flexibility index (Phi) is 6.05. The third-order valence-electron chi connectivity index (χ3n) is 9.88. The predicted octanol–water partition coefficient (Wildman–Crippen LogP) is 12.2. The molecule has 0 unspecified atom stereocenters. The molecule has 0 aliphatic rings. The number of hydrogen-bond acceptors (Lipinski definition) is 5. The highest BCUT2D eigenvalue weighted by Gasteiger charge is 2.20. The van der Waals surface area contributed by atoms with Crippen molar-refractivity contribution in [2.75, 3.05) is 0 Å². The second-order valence-corrected chi connectivity index (χ2v) is 13.9. The molecule has 0 spiro atoms. The summed E-state index contributed by atoms with van der Waals surface area (Å²) in [5.74, 6) is 1.79. The van der Waals surface area contributed by atoms with E-state index in [1.807, 2.05) is 47.7 Å². The van der Waals surface area contributed by atoms with Gasteiger partial charge >= 0.3 is 0 Å². The molecular formula is C45H26N4OS. The zero-order chi connectivity index (χ0) is 33.5. The summed E-state index contributed by atoms with van der Waals surface area (Å²) < 4.78 is 11.2. The van der Waals surface area contributed by atoms with Gasteiger partial charge in [0, 0.05) is 52.8 Å². The van der Waals surface area contributed by atoms with E-state index in [-0.39, 0.29) is 0 Å². The third kappa shape index (κ3) is 4.30. The van der Waals surface area contributed by atoms with Crippen molar-refractivity contribution in [1.29, 1.82) is 0 Å². The minimum Gasteiger partial charge on any atom is -0.456 e. The molecule has 0 saturated carbocycles. The van der Waals surface area contributed by atoms with Crippen molar-refractivity contribution in [1.82, 2.24) is 19.5 Å². The zero-order valence-electron chi connectivity index (χ0n) is 27.1. The summed E-state index contributed by atoms with van der Waals surface area (Å²) >= 11 is 1.83. The molecule has 0 aliphatic carbocycles. The smallest absolute Gasteiger partial charge is 0.238 e. The summed E-state index contributed by atoms with van der Waals surface area (Å²) in [7, 11) is 0. The Bertz CT molecular complexity index is 3100. The molecule has 6 heteroatoms. The van der Waals surface area contributed by atoms with Crippen LogP contribution < -0.4 is 0 Å². The first-order valence-corrected chi connectivity index (χ1v) is 17.8. The molecule has 0 bridgehead atoms. The Balaban J connectivity index is 1.17. The van der Waals surface area contributed by atoms with Crippen molar-refractivity contribution >= 4 is 75.3 Å². The van der Waals surface area contributed by atoms with Gasteiger partial charge in [-0.15, -0.1) is 11.3 Å².